The molecule has 1 aliphatic rings. The lowest BCUT2D eigenvalue weighted by atomic mass is 10.0. The molecule has 1 fully saturated rings. The highest BCUT2D eigenvalue weighted by Gasteiger charge is 2.31. The van der Waals surface area contributed by atoms with E-state index < -0.39 is 6.04 Å². The van der Waals surface area contributed by atoms with Crippen molar-refractivity contribution in [2.75, 3.05) is 31.1 Å². The van der Waals surface area contributed by atoms with E-state index in [0.29, 0.717) is 18.7 Å². The molecule has 0 bridgehead atoms. The fourth-order valence-corrected chi connectivity index (χ4v) is 3.77. The Bertz CT molecular complexity index is 870. The number of anilines is 1. The van der Waals surface area contributed by atoms with Gasteiger partial charge in [0.15, 0.2) is 0 Å². The molecule has 1 aliphatic heterocycles. The van der Waals surface area contributed by atoms with Crippen molar-refractivity contribution >= 4 is 17.5 Å². The second-order valence-electron chi connectivity index (χ2n) is 8.16. The predicted octanol–water partition coefficient (Wildman–Crippen LogP) is 3.41. The molecule has 2 amide bonds. The lowest BCUT2D eigenvalue weighted by Crippen LogP contribution is -2.56. The Kier molecular flexibility index (Phi) is 6.57. The molecule has 0 spiro atoms. The summed E-state index contributed by atoms with van der Waals surface area (Å²) < 4.78 is 0. The molecule has 154 valence electrons. The number of nitrogens with one attached hydrogen (secondary N) is 1. The Hall–Kier alpha value is -2.82. The van der Waals surface area contributed by atoms with Crippen LogP contribution in [0.25, 0.3) is 0 Å². The van der Waals surface area contributed by atoms with E-state index in [2.05, 4.69) is 41.4 Å². The van der Waals surface area contributed by atoms with Crippen molar-refractivity contribution in [3.8, 4) is 0 Å². The second-order valence-corrected chi connectivity index (χ2v) is 8.16. The van der Waals surface area contributed by atoms with E-state index in [1.165, 1.54) is 11.3 Å². The summed E-state index contributed by atoms with van der Waals surface area (Å²) in [5.74, 6) is -0.162. The average Bonchev–Trinajstić information content (AvgIpc) is 2.71. The number of amides is 2. The first-order valence-electron chi connectivity index (χ1n) is 10.3. The van der Waals surface area contributed by atoms with Gasteiger partial charge < -0.3 is 15.1 Å². The van der Waals surface area contributed by atoms with Gasteiger partial charge in [-0.3, -0.25) is 9.59 Å². The quantitative estimate of drug-likeness (QED) is 0.847. The van der Waals surface area contributed by atoms with Crippen LogP contribution in [0.2, 0.25) is 0 Å². The molecule has 5 heteroatoms. The maximum atomic E-state index is 13.2. The van der Waals surface area contributed by atoms with Crippen LogP contribution in [0.3, 0.4) is 0 Å². The SMILES string of the molecule is Cc1cccc(N2CCN(C(=O)[C@H](NC(=O)c3ccccc3C)C(C)C)CC2)c1. The molecule has 0 unspecified atom stereocenters. The van der Waals surface area contributed by atoms with Crippen molar-refractivity contribution in [2.24, 2.45) is 5.92 Å². The Morgan fingerprint density at radius 1 is 0.931 bits per heavy atom. The van der Waals surface area contributed by atoms with E-state index in [0.717, 1.165) is 18.7 Å². The molecule has 1 atom stereocenters. The highest BCUT2D eigenvalue weighted by molar-refractivity contribution is 5.98. The number of benzene rings is 2. The summed E-state index contributed by atoms with van der Waals surface area (Å²) in [6.45, 7) is 10.9. The van der Waals surface area contributed by atoms with E-state index in [4.69, 9.17) is 0 Å². The third-order valence-corrected chi connectivity index (χ3v) is 5.57. The van der Waals surface area contributed by atoms with Gasteiger partial charge in [0.25, 0.3) is 5.91 Å². The van der Waals surface area contributed by atoms with E-state index in [1.807, 2.05) is 43.9 Å². The normalized spacial score (nSPS) is 15.3. The minimum absolute atomic E-state index is 0.00539. The van der Waals surface area contributed by atoms with E-state index in [1.54, 1.807) is 6.07 Å². The van der Waals surface area contributed by atoms with E-state index in [9.17, 15) is 9.59 Å². The van der Waals surface area contributed by atoms with Gasteiger partial charge >= 0.3 is 0 Å². The lowest BCUT2D eigenvalue weighted by Gasteiger charge is -2.38. The van der Waals surface area contributed by atoms with Crippen LogP contribution >= 0.6 is 0 Å². The lowest BCUT2D eigenvalue weighted by molar-refractivity contribution is -0.134. The minimum Gasteiger partial charge on any atom is -0.368 e. The Morgan fingerprint density at radius 3 is 2.24 bits per heavy atom. The molecule has 0 saturated carbocycles. The number of nitrogens with zero attached hydrogens (tertiary/aromatic N) is 2. The van der Waals surface area contributed by atoms with Crippen molar-refractivity contribution in [3.63, 3.8) is 0 Å². The number of hydrogen-bond acceptors (Lipinski definition) is 3. The van der Waals surface area contributed by atoms with Gasteiger partial charge in [-0.1, -0.05) is 44.2 Å². The molecule has 1 saturated heterocycles. The van der Waals surface area contributed by atoms with Crippen molar-refractivity contribution in [2.45, 2.75) is 33.7 Å². The Labute approximate surface area is 173 Å². The highest BCUT2D eigenvalue weighted by Crippen LogP contribution is 2.19. The van der Waals surface area contributed by atoms with Gasteiger partial charge in [0, 0.05) is 37.4 Å². The largest absolute Gasteiger partial charge is 0.368 e. The number of carbonyl (C=O) groups is 2. The van der Waals surface area contributed by atoms with Gasteiger partial charge in [-0.15, -0.1) is 0 Å². The summed E-state index contributed by atoms with van der Waals surface area (Å²) in [5.41, 5.74) is 3.96. The molecule has 29 heavy (non-hydrogen) atoms. The van der Waals surface area contributed by atoms with Crippen molar-refractivity contribution in [1.29, 1.82) is 0 Å². The summed E-state index contributed by atoms with van der Waals surface area (Å²) >= 11 is 0. The van der Waals surface area contributed by atoms with Crippen LogP contribution in [0.15, 0.2) is 48.5 Å². The maximum absolute atomic E-state index is 13.2. The molecule has 1 heterocycles. The zero-order valence-electron chi connectivity index (χ0n) is 17.8. The van der Waals surface area contributed by atoms with Crippen LogP contribution in [0.5, 0.6) is 0 Å². The van der Waals surface area contributed by atoms with Crippen molar-refractivity contribution in [1.82, 2.24) is 10.2 Å². The van der Waals surface area contributed by atoms with Crippen LogP contribution in [0, 0.1) is 19.8 Å². The summed E-state index contributed by atoms with van der Waals surface area (Å²) in [5, 5.41) is 2.98. The topological polar surface area (TPSA) is 52.6 Å². The van der Waals surface area contributed by atoms with Gasteiger partial charge in [0.2, 0.25) is 5.91 Å². The molecule has 0 radical (unpaired) electrons. The summed E-state index contributed by atoms with van der Waals surface area (Å²) in [6.07, 6.45) is 0. The Morgan fingerprint density at radius 2 is 1.62 bits per heavy atom. The van der Waals surface area contributed by atoms with E-state index >= 15 is 0 Å². The molecule has 0 aliphatic carbocycles. The van der Waals surface area contributed by atoms with Gasteiger partial charge in [0.05, 0.1) is 0 Å². The van der Waals surface area contributed by atoms with Crippen LogP contribution in [0.1, 0.15) is 35.3 Å². The predicted molar refractivity (Wildman–Crippen MR) is 117 cm³/mol. The van der Waals surface area contributed by atoms with Crippen LogP contribution in [0.4, 0.5) is 5.69 Å². The van der Waals surface area contributed by atoms with E-state index in [-0.39, 0.29) is 17.7 Å². The number of piperazine rings is 1. The smallest absolute Gasteiger partial charge is 0.252 e. The zero-order valence-corrected chi connectivity index (χ0v) is 17.8. The van der Waals surface area contributed by atoms with Gasteiger partial charge in [-0.25, -0.2) is 0 Å². The first kappa shape index (κ1) is 20.9. The summed E-state index contributed by atoms with van der Waals surface area (Å²) in [7, 11) is 0. The molecular weight excluding hydrogens is 362 g/mol. The number of rotatable bonds is 5. The molecule has 1 N–H and O–H groups in total. The first-order chi connectivity index (χ1) is 13.9. The summed E-state index contributed by atoms with van der Waals surface area (Å²) in [6, 6.07) is 15.4. The molecular formula is C24H31N3O2. The first-order valence-corrected chi connectivity index (χ1v) is 10.3. The molecule has 2 aromatic rings. The number of aryl methyl sites for hydroxylation is 2. The Balaban J connectivity index is 1.64. The van der Waals surface area contributed by atoms with Crippen molar-refractivity contribution < 1.29 is 9.59 Å². The number of carbonyl (C=O) groups excluding carboxylic acids is 2. The van der Waals surface area contributed by atoms with Gasteiger partial charge in [0.1, 0.15) is 6.04 Å². The zero-order chi connectivity index (χ0) is 21.0. The van der Waals surface area contributed by atoms with Gasteiger partial charge in [-0.2, -0.15) is 0 Å². The molecule has 3 rings (SSSR count). The molecule has 0 aromatic heterocycles. The highest BCUT2D eigenvalue weighted by atomic mass is 16.2. The van der Waals surface area contributed by atoms with Gasteiger partial charge in [-0.05, 0) is 49.1 Å². The molecule has 5 nitrogen and oxygen atoms in total. The maximum Gasteiger partial charge on any atom is 0.252 e. The molecule has 2 aromatic carbocycles. The standard InChI is InChI=1S/C24H31N3O2/c1-17(2)22(25-23(28)21-11-6-5-9-19(21)4)24(29)27-14-12-26(13-15-27)20-10-7-8-18(3)16-20/h5-11,16-17,22H,12-15H2,1-4H3,(H,25,28)/t22-/m1/s1. The van der Waals surface area contributed by atoms with Crippen LogP contribution < -0.4 is 10.2 Å². The fraction of sp³-hybridized carbons (Fsp3) is 0.417. The van der Waals surface area contributed by atoms with Crippen LogP contribution in [-0.2, 0) is 4.79 Å². The average molecular weight is 394 g/mol. The number of hydrogen-bond donors (Lipinski definition) is 1. The minimum atomic E-state index is -0.521. The third-order valence-electron chi connectivity index (χ3n) is 5.57. The van der Waals surface area contributed by atoms with Crippen molar-refractivity contribution in [3.05, 3.63) is 65.2 Å². The second kappa shape index (κ2) is 9.12. The fourth-order valence-electron chi connectivity index (χ4n) is 3.77. The summed E-state index contributed by atoms with van der Waals surface area (Å²) in [4.78, 5) is 30.1. The monoisotopic (exact) mass is 393 g/mol. The third kappa shape index (κ3) is 4.97. The van der Waals surface area contributed by atoms with Crippen LogP contribution in [-0.4, -0.2) is 48.9 Å².